The van der Waals surface area contributed by atoms with Crippen LogP contribution in [0.2, 0.25) is 0 Å². The summed E-state index contributed by atoms with van der Waals surface area (Å²) in [6.07, 6.45) is 1.16. The number of nitriles is 1. The summed E-state index contributed by atoms with van der Waals surface area (Å²) in [5, 5.41) is 8.39. The van der Waals surface area contributed by atoms with Crippen molar-refractivity contribution in [2.24, 2.45) is 5.73 Å². The van der Waals surface area contributed by atoms with Crippen LogP contribution in [0.4, 0.5) is 0 Å². The predicted octanol–water partition coefficient (Wildman–Crippen LogP) is 1.76. The predicted molar refractivity (Wildman–Crippen MR) is 45.2 cm³/mol. The minimum absolute atomic E-state index is 0.282. The molecule has 0 aromatic carbocycles. The molecular formula is C9H12N2O. The molecule has 1 aromatic rings. The van der Waals surface area contributed by atoms with Gasteiger partial charge < -0.3 is 10.2 Å². The monoisotopic (exact) mass is 164 g/mol. The van der Waals surface area contributed by atoms with E-state index < -0.39 is 0 Å². The molecule has 3 heteroatoms. The molecule has 0 amide bonds. The van der Waals surface area contributed by atoms with Gasteiger partial charge in [-0.25, -0.2) is 0 Å². The largest absolute Gasteiger partial charge is 0.464 e. The van der Waals surface area contributed by atoms with Gasteiger partial charge in [-0.05, 0) is 12.1 Å². The van der Waals surface area contributed by atoms with Crippen LogP contribution < -0.4 is 5.73 Å². The standard InChI is InChI=1S/C9H12N2O/c1-2-7-3-4-9(12-7)8(11)5-6-10/h3-4,8H,2,5,11H2,1H3/t8-/m1/s1. The Hall–Kier alpha value is -1.27. The van der Waals surface area contributed by atoms with Crippen LogP contribution in [0.25, 0.3) is 0 Å². The third kappa shape index (κ3) is 1.86. The minimum Gasteiger partial charge on any atom is -0.464 e. The molecule has 2 N–H and O–H groups in total. The van der Waals surface area contributed by atoms with Crippen LogP contribution in [0, 0.1) is 11.3 Å². The topological polar surface area (TPSA) is 63.0 Å². The zero-order valence-electron chi connectivity index (χ0n) is 7.08. The first-order chi connectivity index (χ1) is 5.77. The maximum absolute atomic E-state index is 8.39. The molecule has 0 saturated heterocycles. The maximum Gasteiger partial charge on any atom is 0.121 e. The molecule has 0 radical (unpaired) electrons. The highest BCUT2D eigenvalue weighted by atomic mass is 16.3. The fourth-order valence-electron chi connectivity index (χ4n) is 0.983. The summed E-state index contributed by atoms with van der Waals surface area (Å²) in [6, 6.07) is 5.46. The Labute approximate surface area is 71.8 Å². The fraction of sp³-hybridized carbons (Fsp3) is 0.444. The van der Waals surface area contributed by atoms with Crippen LogP contribution in [0.5, 0.6) is 0 Å². The van der Waals surface area contributed by atoms with E-state index in [2.05, 4.69) is 0 Å². The van der Waals surface area contributed by atoms with E-state index in [0.717, 1.165) is 12.2 Å². The van der Waals surface area contributed by atoms with E-state index in [1.54, 1.807) is 0 Å². The molecule has 1 aromatic heterocycles. The van der Waals surface area contributed by atoms with Gasteiger partial charge >= 0.3 is 0 Å². The summed E-state index contributed by atoms with van der Waals surface area (Å²) in [5.41, 5.74) is 5.66. The van der Waals surface area contributed by atoms with Gasteiger partial charge in [0.15, 0.2) is 0 Å². The zero-order chi connectivity index (χ0) is 8.97. The second-order valence-corrected chi connectivity index (χ2v) is 2.63. The van der Waals surface area contributed by atoms with Gasteiger partial charge in [-0.3, -0.25) is 0 Å². The summed E-state index contributed by atoms with van der Waals surface area (Å²) in [4.78, 5) is 0. The normalized spacial score (nSPS) is 12.4. The van der Waals surface area contributed by atoms with Gasteiger partial charge in [0.05, 0.1) is 18.5 Å². The molecule has 3 nitrogen and oxygen atoms in total. The first kappa shape index (κ1) is 8.82. The Balaban J connectivity index is 2.69. The smallest absolute Gasteiger partial charge is 0.121 e. The summed E-state index contributed by atoms with van der Waals surface area (Å²) < 4.78 is 5.37. The Morgan fingerprint density at radius 1 is 1.67 bits per heavy atom. The molecule has 12 heavy (non-hydrogen) atoms. The summed E-state index contributed by atoms with van der Waals surface area (Å²) in [6.45, 7) is 2.01. The summed E-state index contributed by atoms with van der Waals surface area (Å²) in [7, 11) is 0. The van der Waals surface area contributed by atoms with Crippen molar-refractivity contribution in [1.29, 1.82) is 5.26 Å². The van der Waals surface area contributed by atoms with Crippen molar-refractivity contribution in [2.45, 2.75) is 25.8 Å². The van der Waals surface area contributed by atoms with Crippen molar-refractivity contribution in [3.8, 4) is 6.07 Å². The average Bonchev–Trinajstić information content (AvgIpc) is 2.52. The second-order valence-electron chi connectivity index (χ2n) is 2.63. The van der Waals surface area contributed by atoms with Crippen LogP contribution in [0.1, 0.15) is 30.9 Å². The molecule has 64 valence electrons. The molecule has 1 atom stereocenters. The minimum atomic E-state index is -0.282. The van der Waals surface area contributed by atoms with E-state index in [-0.39, 0.29) is 6.04 Å². The number of hydrogen-bond donors (Lipinski definition) is 1. The van der Waals surface area contributed by atoms with Gasteiger partial charge in [0, 0.05) is 6.42 Å². The van der Waals surface area contributed by atoms with Crippen LogP contribution in [0.3, 0.4) is 0 Å². The van der Waals surface area contributed by atoms with Crippen LogP contribution in [-0.2, 0) is 6.42 Å². The number of aryl methyl sites for hydroxylation is 1. The lowest BCUT2D eigenvalue weighted by Gasteiger charge is -2.01. The lowest BCUT2D eigenvalue weighted by atomic mass is 10.2. The van der Waals surface area contributed by atoms with Crippen LogP contribution in [0.15, 0.2) is 16.5 Å². The highest BCUT2D eigenvalue weighted by Gasteiger charge is 2.09. The van der Waals surface area contributed by atoms with Gasteiger partial charge in [-0.1, -0.05) is 6.92 Å². The zero-order valence-corrected chi connectivity index (χ0v) is 7.08. The molecule has 0 aliphatic rings. The Bertz CT molecular complexity index is 285. The molecule has 0 aliphatic heterocycles. The highest BCUT2D eigenvalue weighted by molar-refractivity contribution is 5.11. The van der Waals surface area contributed by atoms with Crippen molar-refractivity contribution >= 4 is 0 Å². The van der Waals surface area contributed by atoms with Gasteiger partial charge in [-0.15, -0.1) is 0 Å². The van der Waals surface area contributed by atoms with E-state index in [1.807, 2.05) is 25.1 Å². The molecule has 1 heterocycles. The van der Waals surface area contributed by atoms with Crippen LogP contribution >= 0.6 is 0 Å². The number of hydrogen-bond acceptors (Lipinski definition) is 3. The second kappa shape index (κ2) is 3.93. The Morgan fingerprint density at radius 3 is 2.92 bits per heavy atom. The SMILES string of the molecule is CCc1ccc([C@H](N)CC#N)o1. The van der Waals surface area contributed by atoms with Crippen molar-refractivity contribution in [3.63, 3.8) is 0 Å². The number of rotatable bonds is 3. The van der Waals surface area contributed by atoms with Gasteiger partial charge in [-0.2, -0.15) is 5.26 Å². The Morgan fingerprint density at radius 2 is 2.42 bits per heavy atom. The molecule has 1 rings (SSSR count). The molecule has 0 aliphatic carbocycles. The van der Waals surface area contributed by atoms with Crippen molar-refractivity contribution < 1.29 is 4.42 Å². The lowest BCUT2D eigenvalue weighted by Crippen LogP contribution is -2.07. The summed E-state index contributed by atoms with van der Waals surface area (Å²) in [5.74, 6) is 1.62. The molecule has 0 saturated carbocycles. The molecule has 0 unspecified atom stereocenters. The number of nitrogens with zero attached hydrogens (tertiary/aromatic N) is 1. The van der Waals surface area contributed by atoms with E-state index in [9.17, 15) is 0 Å². The van der Waals surface area contributed by atoms with Crippen molar-refractivity contribution in [1.82, 2.24) is 0 Å². The van der Waals surface area contributed by atoms with Crippen LogP contribution in [-0.4, -0.2) is 0 Å². The van der Waals surface area contributed by atoms with Crippen molar-refractivity contribution in [3.05, 3.63) is 23.7 Å². The van der Waals surface area contributed by atoms with E-state index >= 15 is 0 Å². The Kier molecular flexibility index (Phi) is 2.89. The first-order valence-electron chi connectivity index (χ1n) is 3.99. The van der Waals surface area contributed by atoms with E-state index in [0.29, 0.717) is 12.2 Å². The third-order valence-electron chi connectivity index (χ3n) is 1.71. The van der Waals surface area contributed by atoms with Gasteiger partial charge in [0.25, 0.3) is 0 Å². The first-order valence-corrected chi connectivity index (χ1v) is 3.99. The maximum atomic E-state index is 8.39. The lowest BCUT2D eigenvalue weighted by molar-refractivity contribution is 0.438. The molecule has 0 bridgehead atoms. The van der Waals surface area contributed by atoms with Gasteiger partial charge in [0.2, 0.25) is 0 Å². The van der Waals surface area contributed by atoms with Gasteiger partial charge in [0.1, 0.15) is 11.5 Å². The fourth-order valence-corrected chi connectivity index (χ4v) is 0.983. The highest BCUT2D eigenvalue weighted by Crippen LogP contribution is 2.16. The quantitative estimate of drug-likeness (QED) is 0.740. The average molecular weight is 164 g/mol. The molecule has 0 fully saturated rings. The number of nitrogens with two attached hydrogens (primary N) is 1. The third-order valence-corrected chi connectivity index (χ3v) is 1.71. The molecular weight excluding hydrogens is 152 g/mol. The van der Waals surface area contributed by atoms with Crippen molar-refractivity contribution in [2.75, 3.05) is 0 Å². The van der Waals surface area contributed by atoms with E-state index in [1.165, 1.54) is 0 Å². The number of furan rings is 1. The summed E-state index contributed by atoms with van der Waals surface area (Å²) >= 11 is 0. The van der Waals surface area contributed by atoms with E-state index in [4.69, 9.17) is 15.4 Å². The molecule has 0 spiro atoms.